The first kappa shape index (κ1) is 16.2. The maximum absolute atomic E-state index is 11.4. The summed E-state index contributed by atoms with van der Waals surface area (Å²) in [5, 5.41) is 0. The molecular formula is C15H21NO4. The van der Waals surface area contributed by atoms with Crippen LogP contribution in [-0.2, 0) is 16.1 Å². The van der Waals surface area contributed by atoms with Gasteiger partial charge in [-0.15, -0.1) is 0 Å². The number of ketones is 1. The molecule has 0 amide bonds. The Morgan fingerprint density at radius 2 is 1.95 bits per heavy atom. The quantitative estimate of drug-likeness (QED) is 0.563. The largest absolute Gasteiger partial charge is 0.496 e. The molecule has 0 atom stereocenters. The minimum absolute atomic E-state index is 0.00456. The molecule has 0 aliphatic rings. The fourth-order valence-electron chi connectivity index (χ4n) is 1.89. The summed E-state index contributed by atoms with van der Waals surface area (Å²) in [7, 11) is 2.95. The summed E-state index contributed by atoms with van der Waals surface area (Å²) in [4.78, 5) is 24.7. The molecule has 0 unspecified atom stereocenters. The van der Waals surface area contributed by atoms with Crippen LogP contribution >= 0.6 is 0 Å². The van der Waals surface area contributed by atoms with E-state index in [2.05, 4.69) is 4.74 Å². The van der Waals surface area contributed by atoms with Crippen molar-refractivity contribution in [2.45, 2.75) is 20.4 Å². The summed E-state index contributed by atoms with van der Waals surface area (Å²) in [5.41, 5.74) is 1.51. The molecule has 0 saturated heterocycles. The number of hydrogen-bond donors (Lipinski definition) is 0. The lowest BCUT2D eigenvalue weighted by Crippen LogP contribution is -2.30. The second-order valence-electron chi connectivity index (χ2n) is 4.46. The molecule has 1 aromatic carbocycles. The van der Waals surface area contributed by atoms with E-state index >= 15 is 0 Å². The highest BCUT2D eigenvalue weighted by Crippen LogP contribution is 2.22. The van der Waals surface area contributed by atoms with Gasteiger partial charge in [-0.05, 0) is 31.7 Å². The minimum Gasteiger partial charge on any atom is -0.496 e. The lowest BCUT2D eigenvalue weighted by molar-refractivity contribution is -0.142. The molecule has 0 aromatic heterocycles. The van der Waals surface area contributed by atoms with Crippen LogP contribution < -0.4 is 4.74 Å². The molecule has 0 saturated carbocycles. The first-order chi connectivity index (χ1) is 9.51. The molecule has 0 spiro atoms. The Balaban J connectivity index is 2.95. The smallest absolute Gasteiger partial charge is 0.319 e. The van der Waals surface area contributed by atoms with Gasteiger partial charge < -0.3 is 9.47 Å². The van der Waals surface area contributed by atoms with Crippen molar-refractivity contribution >= 4 is 11.8 Å². The number of methoxy groups -OCH3 is 2. The molecular weight excluding hydrogens is 258 g/mol. The molecule has 0 aliphatic carbocycles. The lowest BCUT2D eigenvalue weighted by Gasteiger charge is -2.20. The van der Waals surface area contributed by atoms with E-state index in [9.17, 15) is 9.59 Å². The van der Waals surface area contributed by atoms with E-state index in [4.69, 9.17) is 4.74 Å². The summed E-state index contributed by atoms with van der Waals surface area (Å²) in [5.74, 6) is 0.428. The van der Waals surface area contributed by atoms with Gasteiger partial charge in [-0.3, -0.25) is 14.5 Å². The molecule has 0 N–H and O–H groups in total. The van der Waals surface area contributed by atoms with Crippen molar-refractivity contribution in [2.75, 3.05) is 27.3 Å². The third kappa shape index (κ3) is 4.35. The highest BCUT2D eigenvalue weighted by molar-refractivity contribution is 5.94. The van der Waals surface area contributed by atoms with Gasteiger partial charge in [0.25, 0.3) is 0 Å². The second-order valence-corrected chi connectivity index (χ2v) is 4.46. The normalized spacial score (nSPS) is 10.4. The lowest BCUT2D eigenvalue weighted by atomic mass is 10.1. The van der Waals surface area contributed by atoms with Crippen LogP contribution in [0.4, 0.5) is 0 Å². The van der Waals surface area contributed by atoms with Crippen LogP contribution in [0.2, 0.25) is 0 Å². The Kier molecular flexibility index (Phi) is 6.18. The van der Waals surface area contributed by atoms with Crippen molar-refractivity contribution in [1.29, 1.82) is 0 Å². The Labute approximate surface area is 119 Å². The van der Waals surface area contributed by atoms with Gasteiger partial charge in [0.1, 0.15) is 5.75 Å². The highest BCUT2D eigenvalue weighted by atomic mass is 16.5. The average Bonchev–Trinajstić information content (AvgIpc) is 2.45. The standard InChI is InChI=1S/C15H21NO4/c1-5-16(10-15(18)20-4)9-13-8-12(11(2)17)6-7-14(13)19-3/h6-8H,5,9-10H2,1-4H3. The van der Waals surface area contributed by atoms with Crippen molar-refractivity contribution in [2.24, 2.45) is 0 Å². The van der Waals surface area contributed by atoms with E-state index in [0.717, 1.165) is 5.56 Å². The van der Waals surface area contributed by atoms with E-state index in [0.29, 0.717) is 24.4 Å². The topological polar surface area (TPSA) is 55.8 Å². The van der Waals surface area contributed by atoms with Crippen LogP contribution in [0.1, 0.15) is 29.8 Å². The van der Waals surface area contributed by atoms with Gasteiger partial charge in [0.2, 0.25) is 0 Å². The van der Waals surface area contributed by atoms with Crippen LogP contribution in [0, 0.1) is 0 Å². The van der Waals surface area contributed by atoms with Crippen LogP contribution in [0.25, 0.3) is 0 Å². The Hall–Kier alpha value is -1.88. The first-order valence-corrected chi connectivity index (χ1v) is 6.48. The van der Waals surface area contributed by atoms with Gasteiger partial charge in [0.05, 0.1) is 20.8 Å². The Bertz CT molecular complexity index is 485. The molecule has 0 bridgehead atoms. The minimum atomic E-state index is -0.284. The Morgan fingerprint density at radius 1 is 1.25 bits per heavy atom. The fraction of sp³-hybridized carbons (Fsp3) is 0.467. The molecule has 0 aliphatic heterocycles. The number of Topliss-reactive ketones (excluding diaryl/α,β-unsaturated/α-hetero) is 1. The predicted molar refractivity (Wildman–Crippen MR) is 76.0 cm³/mol. The molecule has 5 nitrogen and oxygen atoms in total. The molecule has 0 fully saturated rings. The van der Waals surface area contributed by atoms with E-state index in [-0.39, 0.29) is 18.3 Å². The van der Waals surface area contributed by atoms with E-state index in [1.165, 1.54) is 14.0 Å². The molecule has 20 heavy (non-hydrogen) atoms. The van der Waals surface area contributed by atoms with Crippen molar-refractivity contribution in [3.8, 4) is 5.75 Å². The first-order valence-electron chi connectivity index (χ1n) is 6.48. The van der Waals surface area contributed by atoms with Crippen molar-refractivity contribution < 1.29 is 19.1 Å². The maximum Gasteiger partial charge on any atom is 0.319 e. The summed E-state index contributed by atoms with van der Waals surface area (Å²) >= 11 is 0. The van der Waals surface area contributed by atoms with E-state index < -0.39 is 0 Å². The van der Waals surface area contributed by atoms with Gasteiger partial charge >= 0.3 is 5.97 Å². The fourth-order valence-corrected chi connectivity index (χ4v) is 1.89. The number of benzene rings is 1. The van der Waals surface area contributed by atoms with E-state index in [1.807, 2.05) is 11.8 Å². The SMILES string of the molecule is CCN(CC(=O)OC)Cc1cc(C(C)=O)ccc1OC. The summed E-state index contributed by atoms with van der Waals surface area (Å²) in [6.07, 6.45) is 0. The predicted octanol–water partition coefficient (Wildman–Crippen LogP) is 1.89. The number of hydrogen-bond acceptors (Lipinski definition) is 5. The van der Waals surface area contributed by atoms with Gasteiger partial charge in [0, 0.05) is 17.7 Å². The Morgan fingerprint density at radius 3 is 2.45 bits per heavy atom. The molecule has 0 radical (unpaired) electrons. The molecule has 110 valence electrons. The van der Waals surface area contributed by atoms with Crippen LogP contribution in [0.3, 0.4) is 0 Å². The van der Waals surface area contributed by atoms with Gasteiger partial charge in [-0.1, -0.05) is 6.92 Å². The number of esters is 1. The second kappa shape index (κ2) is 7.65. The highest BCUT2D eigenvalue weighted by Gasteiger charge is 2.14. The van der Waals surface area contributed by atoms with Crippen molar-refractivity contribution in [1.82, 2.24) is 4.90 Å². The molecule has 0 heterocycles. The third-order valence-electron chi connectivity index (χ3n) is 3.11. The number of carbonyl (C=O) groups is 2. The zero-order valence-corrected chi connectivity index (χ0v) is 12.4. The van der Waals surface area contributed by atoms with Crippen molar-refractivity contribution in [3.05, 3.63) is 29.3 Å². The van der Waals surface area contributed by atoms with Crippen LogP contribution in [0.15, 0.2) is 18.2 Å². The molecule has 1 rings (SSSR count). The van der Waals surface area contributed by atoms with Crippen LogP contribution in [0.5, 0.6) is 5.75 Å². The van der Waals surface area contributed by atoms with Crippen molar-refractivity contribution in [3.63, 3.8) is 0 Å². The monoisotopic (exact) mass is 279 g/mol. The molecule has 1 aromatic rings. The zero-order chi connectivity index (χ0) is 15.1. The summed E-state index contributed by atoms with van der Waals surface area (Å²) in [6.45, 7) is 4.92. The number of carbonyl (C=O) groups excluding carboxylic acids is 2. The number of likely N-dealkylation sites (N-methyl/N-ethyl adjacent to an activating group) is 1. The summed E-state index contributed by atoms with van der Waals surface area (Å²) in [6, 6.07) is 5.32. The number of rotatable bonds is 7. The van der Waals surface area contributed by atoms with E-state index in [1.54, 1.807) is 25.3 Å². The molecule has 5 heteroatoms. The number of nitrogens with zero attached hydrogens (tertiary/aromatic N) is 1. The van der Waals surface area contributed by atoms with Crippen LogP contribution in [-0.4, -0.2) is 44.0 Å². The third-order valence-corrected chi connectivity index (χ3v) is 3.11. The van der Waals surface area contributed by atoms with Gasteiger partial charge in [0.15, 0.2) is 5.78 Å². The number of ether oxygens (including phenoxy) is 2. The van der Waals surface area contributed by atoms with Gasteiger partial charge in [-0.2, -0.15) is 0 Å². The maximum atomic E-state index is 11.4. The zero-order valence-electron chi connectivity index (χ0n) is 12.4. The summed E-state index contributed by atoms with van der Waals surface area (Å²) < 4.78 is 9.98. The average molecular weight is 279 g/mol. The van der Waals surface area contributed by atoms with Gasteiger partial charge in [-0.25, -0.2) is 0 Å².